The predicted octanol–water partition coefficient (Wildman–Crippen LogP) is 1.70. The predicted molar refractivity (Wildman–Crippen MR) is 64.9 cm³/mol. The van der Waals surface area contributed by atoms with E-state index in [0.717, 1.165) is 0 Å². The number of aliphatic hydroxyl groups is 2. The molecule has 0 saturated heterocycles. The summed E-state index contributed by atoms with van der Waals surface area (Å²) in [6.45, 7) is 13.3. The third kappa shape index (κ3) is 130. The second kappa shape index (κ2) is 11.7. The second-order valence-corrected chi connectivity index (χ2v) is 9.59. The second-order valence-electron chi connectivity index (χ2n) is 4.42. The smallest absolute Gasteiger partial charge is 0.354 e. The van der Waals surface area contributed by atoms with Gasteiger partial charge >= 0.3 is 16.6 Å². The van der Waals surface area contributed by atoms with E-state index < -0.39 is 8.32 Å². The van der Waals surface area contributed by atoms with Gasteiger partial charge in [-0.15, -0.1) is 0 Å². The summed E-state index contributed by atoms with van der Waals surface area (Å²) >= 11 is 2.29. The molecule has 0 aromatic carbocycles. The van der Waals surface area contributed by atoms with E-state index in [1.54, 1.807) is 27.7 Å². The maximum Gasteiger partial charge on any atom is 0.354 e. The fourth-order valence-corrected chi connectivity index (χ4v) is 0. The zero-order valence-electron chi connectivity index (χ0n) is 10.5. The van der Waals surface area contributed by atoms with E-state index in [0.29, 0.717) is 0 Å². The molecule has 0 bridgehead atoms. The molecule has 0 heterocycles. The Bertz CT molecular complexity index is 91.2. The van der Waals surface area contributed by atoms with E-state index in [9.17, 15) is 0 Å². The van der Waals surface area contributed by atoms with E-state index in [4.69, 9.17) is 13.7 Å². The van der Waals surface area contributed by atoms with Crippen LogP contribution in [0.25, 0.3) is 0 Å². The van der Waals surface area contributed by atoms with Crippen LogP contribution in [-0.2, 0) is 3.48 Å². The normalized spacial score (nSPS) is 10.2. The highest BCUT2D eigenvalue weighted by Crippen LogP contribution is 1.96. The SMILES string of the molecule is CC(C)O.CC(C)O.C[Si](C)(C)[O][Al]. The van der Waals surface area contributed by atoms with Crippen LogP contribution in [0.4, 0.5) is 0 Å². The van der Waals surface area contributed by atoms with Crippen molar-refractivity contribution >= 4 is 24.9 Å². The first-order chi connectivity index (χ1) is 6.02. The Morgan fingerprint density at radius 2 is 1.00 bits per heavy atom. The Morgan fingerprint density at radius 1 is 0.929 bits per heavy atom. The third-order valence-corrected chi connectivity index (χ3v) is 3.18. The Hall–Kier alpha value is 0.629. The molecule has 14 heavy (non-hydrogen) atoms. The van der Waals surface area contributed by atoms with Gasteiger partial charge in [-0.3, -0.25) is 0 Å². The zero-order chi connectivity index (χ0) is 12.4. The Kier molecular flexibility index (Phi) is 16.8. The molecule has 0 amide bonds. The maximum absolute atomic E-state index is 8.06. The number of aliphatic hydroxyl groups excluding tert-OH is 2. The quantitative estimate of drug-likeness (QED) is 0.681. The first-order valence-electron chi connectivity index (χ1n) is 4.77. The van der Waals surface area contributed by atoms with Gasteiger partial charge in [-0.1, -0.05) is 0 Å². The van der Waals surface area contributed by atoms with Crippen LogP contribution >= 0.6 is 0 Å². The van der Waals surface area contributed by atoms with Gasteiger partial charge in [-0.05, 0) is 47.3 Å². The van der Waals surface area contributed by atoms with Gasteiger partial charge in [0.2, 0.25) is 0 Å². The third-order valence-electron chi connectivity index (χ3n) is 0.354. The molecule has 3 nitrogen and oxygen atoms in total. The van der Waals surface area contributed by atoms with Crippen LogP contribution in [0.3, 0.4) is 0 Å². The number of hydrogen-bond acceptors (Lipinski definition) is 3. The highest BCUT2D eigenvalue weighted by Gasteiger charge is 2.06. The van der Waals surface area contributed by atoms with Crippen molar-refractivity contribution in [2.24, 2.45) is 0 Å². The first-order valence-corrected chi connectivity index (χ1v) is 8.65. The fraction of sp³-hybridized carbons (Fsp3) is 1.00. The summed E-state index contributed by atoms with van der Waals surface area (Å²) < 4.78 is 4.99. The molecule has 0 saturated carbocycles. The minimum Gasteiger partial charge on any atom is -0.558 e. The van der Waals surface area contributed by atoms with Gasteiger partial charge < -0.3 is 13.7 Å². The van der Waals surface area contributed by atoms with Crippen molar-refractivity contribution < 1.29 is 13.7 Å². The average Bonchev–Trinajstić information content (AvgIpc) is 1.83. The van der Waals surface area contributed by atoms with Gasteiger partial charge in [0.25, 0.3) is 0 Å². The van der Waals surface area contributed by atoms with E-state index in [2.05, 4.69) is 36.3 Å². The van der Waals surface area contributed by atoms with Crippen molar-refractivity contribution in [1.29, 1.82) is 0 Å². The molecule has 0 rings (SSSR count). The van der Waals surface area contributed by atoms with Crippen LogP contribution in [0.1, 0.15) is 27.7 Å². The molecule has 0 aromatic rings. The van der Waals surface area contributed by atoms with Gasteiger partial charge in [-0.2, -0.15) is 0 Å². The lowest BCUT2D eigenvalue weighted by molar-refractivity contribution is 0.215. The number of rotatable bonds is 1. The largest absolute Gasteiger partial charge is 0.558 e. The van der Waals surface area contributed by atoms with Crippen LogP contribution in [-0.4, -0.2) is 47.4 Å². The van der Waals surface area contributed by atoms with Crippen LogP contribution < -0.4 is 0 Å². The summed E-state index contributed by atoms with van der Waals surface area (Å²) in [6, 6.07) is 0. The summed E-state index contributed by atoms with van der Waals surface area (Å²) in [7, 11) is -1.17. The lowest BCUT2D eigenvalue weighted by Gasteiger charge is -2.13. The molecule has 5 heteroatoms. The van der Waals surface area contributed by atoms with Crippen molar-refractivity contribution in [2.75, 3.05) is 0 Å². The van der Waals surface area contributed by atoms with Crippen molar-refractivity contribution in [3.05, 3.63) is 0 Å². The Labute approximate surface area is 98.4 Å². The molecule has 2 radical (unpaired) electrons. The van der Waals surface area contributed by atoms with E-state index in [1.807, 2.05) is 0 Å². The average molecular weight is 236 g/mol. The van der Waals surface area contributed by atoms with E-state index >= 15 is 0 Å². The minimum atomic E-state index is -1.17. The van der Waals surface area contributed by atoms with Crippen molar-refractivity contribution in [2.45, 2.75) is 59.5 Å². The summed E-state index contributed by atoms with van der Waals surface area (Å²) in [5.74, 6) is 0. The lowest BCUT2D eigenvalue weighted by Crippen LogP contribution is -2.23. The first kappa shape index (κ1) is 20.1. The van der Waals surface area contributed by atoms with Crippen molar-refractivity contribution in [1.82, 2.24) is 0 Å². The molecule has 0 atom stereocenters. The summed E-state index contributed by atoms with van der Waals surface area (Å²) in [6.07, 6.45) is -0.333. The molecule has 0 aliphatic heterocycles. The minimum absolute atomic E-state index is 0.167. The van der Waals surface area contributed by atoms with Crippen molar-refractivity contribution in [3.8, 4) is 0 Å². The fourth-order valence-electron chi connectivity index (χ4n) is 0. The summed E-state index contributed by atoms with van der Waals surface area (Å²) in [4.78, 5) is 0. The zero-order valence-corrected chi connectivity index (χ0v) is 12.7. The molecule has 0 aliphatic rings. The molecule has 2 N–H and O–H groups in total. The number of hydrogen-bond donors (Lipinski definition) is 2. The standard InChI is InChI=1S/C3H9OSi.2C3H8O.Al/c1-5(2,3)4;2*1-3(2)4;/h1-3H3;2*3-4H,1-2H3;/q-1;;;+1. The van der Waals surface area contributed by atoms with Gasteiger partial charge in [0, 0.05) is 12.2 Å². The maximum atomic E-state index is 8.06. The topological polar surface area (TPSA) is 49.7 Å². The molecule has 0 fully saturated rings. The molecule has 0 spiro atoms. The summed E-state index contributed by atoms with van der Waals surface area (Å²) in [5.41, 5.74) is 0. The molecule has 0 aromatic heterocycles. The van der Waals surface area contributed by atoms with Crippen LogP contribution in [0.15, 0.2) is 0 Å². The van der Waals surface area contributed by atoms with Gasteiger partial charge in [-0.25, -0.2) is 0 Å². The van der Waals surface area contributed by atoms with Crippen LogP contribution in [0, 0.1) is 0 Å². The molecular formula is C9H25AlO3Si. The molecule has 0 unspecified atom stereocenters. The highest BCUT2D eigenvalue weighted by atomic mass is 28.4. The summed E-state index contributed by atoms with van der Waals surface area (Å²) in [5, 5.41) is 16.1. The molecule has 86 valence electrons. The Balaban J connectivity index is -0.000000135. The van der Waals surface area contributed by atoms with Crippen LogP contribution in [0.5, 0.6) is 0 Å². The lowest BCUT2D eigenvalue weighted by atomic mass is 10.5. The van der Waals surface area contributed by atoms with E-state index in [-0.39, 0.29) is 12.2 Å². The van der Waals surface area contributed by atoms with Crippen LogP contribution in [0.2, 0.25) is 19.6 Å². The van der Waals surface area contributed by atoms with E-state index in [1.165, 1.54) is 0 Å². The molecular weight excluding hydrogens is 211 g/mol. The highest BCUT2D eigenvalue weighted by molar-refractivity contribution is 6.72. The molecule has 0 aliphatic carbocycles. The Morgan fingerprint density at radius 3 is 1.00 bits per heavy atom. The van der Waals surface area contributed by atoms with Gasteiger partial charge in [0.1, 0.15) is 0 Å². The monoisotopic (exact) mass is 236 g/mol. The van der Waals surface area contributed by atoms with Gasteiger partial charge in [0.15, 0.2) is 8.32 Å². The van der Waals surface area contributed by atoms with Crippen molar-refractivity contribution in [3.63, 3.8) is 0 Å². The van der Waals surface area contributed by atoms with Gasteiger partial charge in [0.05, 0.1) is 0 Å².